The van der Waals surface area contributed by atoms with Crippen LogP contribution in [0.2, 0.25) is 0 Å². The number of thioether (sulfide) groups is 1. The molecule has 2 heterocycles. The van der Waals surface area contributed by atoms with E-state index in [1.165, 1.54) is 30.0 Å². The van der Waals surface area contributed by atoms with E-state index in [4.69, 9.17) is 0 Å². The maximum Gasteiger partial charge on any atom is 0.192 e. The molecule has 0 spiro atoms. The number of allylic oxidation sites excluding steroid dienone is 1. The molecule has 2 N–H and O–H groups in total. The lowest BCUT2D eigenvalue weighted by Crippen LogP contribution is -2.05. The van der Waals surface area contributed by atoms with E-state index in [0.29, 0.717) is 17.3 Å². The van der Waals surface area contributed by atoms with Crippen LogP contribution in [0.3, 0.4) is 0 Å². The van der Waals surface area contributed by atoms with Gasteiger partial charge in [-0.3, -0.25) is 9.36 Å². The van der Waals surface area contributed by atoms with Gasteiger partial charge in [-0.2, -0.15) is 0 Å². The van der Waals surface area contributed by atoms with Crippen LogP contribution in [0.15, 0.2) is 53.5 Å². The zero-order chi connectivity index (χ0) is 17.8. The predicted octanol–water partition coefficient (Wildman–Crippen LogP) is 3.58. The monoisotopic (exact) mass is 373 g/mol. The first-order chi connectivity index (χ1) is 12.1. The van der Waals surface area contributed by atoms with Gasteiger partial charge in [0.25, 0.3) is 0 Å². The van der Waals surface area contributed by atoms with Crippen LogP contribution in [0.5, 0.6) is 11.5 Å². The molecule has 0 aliphatic rings. The second-order valence-electron chi connectivity index (χ2n) is 5.10. The molecule has 0 aliphatic carbocycles. The Morgan fingerprint density at radius 2 is 2.12 bits per heavy atom. The molecule has 0 bridgehead atoms. The molecular weight excluding hydrogens is 358 g/mol. The number of benzene rings is 1. The number of Topliss-reactive ketones (excluding diaryl/α,β-unsaturated/α-hetero) is 1. The number of rotatable bonds is 7. The van der Waals surface area contributed by atoms with Crippen LogP contribution in [0.25, 0.3) is 10.7 Å². The first kappa shape index (κ1) is 17.2. The molecule has 6 nitrogen and oxygen atoms in total. The Morgan fingerprint density at radius 3 is 2.80 bits per heavy atom. The summed E-state index contributed by atoms with van der Waals surface area (Å²) in [6.45, 7) is 4.30. The van der Waals surface area contributed by atoms with Crippen molar-refractivity contribution in [3.05, 3.63) is 53.9 Å². The number of aromatic nitrogens is 3. The summed E-state index contributed by atoms with van der Waals surface area (Å²) in [4.78, 5) is 13.3. The molecule has 1 aromatic carbocycles. The highest BCUT2D eigenvalue weighted by Gasteiger charge is 2.16. The summed E-state index contributed by atoms with van der Waals surface area (Å²) >= 11 is 2.84. The van der Waals surface area contributed by atoms with Crippen molar-refractivity contribution in [3.8, 4) is 22.2 Å². The standard InChI is InChI=1S/C17H15N3O3S2/c1-2-7-20-16(15-4-3-8-24-15)18-19-17(20)25-10-14(23)11-5-6-12(21)13(22)9-11/h2-6,8-9,21-22H,1,7,10H2. The molecule has 3 aromatic rings. The van der Waals surface area contributed by atoms with E-state index in [1.807, 2.05) is 22.1 Å². The molecule has 0 radical (unpaired) electrons. The molecular formula is C17H15N3O3S2. The molecule has 0 unspecified atom stereocenters. The van der Waals surface area contributed by atoms with Crippen molar-refractivity contribution < 1.29 is 15.0 Å². The van der Waals surface area contributed by atoms with Crippen LogP contribution in [0.1, 0.15) is 10.4 Å². The normalized spacial score (nSPS) is 10.7. The topological polar surface area (TPSA) is 88.2 Å². The third-order valence-corrected chi connectivity index (χ3v) is 5.23. The molecule has 0 amide bonds. The third kappa shape index (κ3) is 3.75. The van der Waals surface area contributed by atoms with Crippen molar-refractivity contribution in [1.82, 2.24) is 14.8 Å². The minimum Gasteiger partial charge on any atom is -0.504 e. The summed E-state index contributed by atoms with van der Waals surface area (Å²) in [5.41, 5.74) is 0.330. The Bertz CT molecular complexity index is 904. The van der Waals surface area contributed by atoms with Gasteiger partial charge in [-0.15, -0.1) is 28.1 Å². The van der Waals surface area contributed by atoms with Crippen molar-refractivity contribution >= 4 is 28.9 Å². The van der Waals surface area contributed by atoms with Gasteiger partial charge < -0.3 is 10.2 Å². The van der Waals surface area contributed by atoms with Crippen LogP contribution in [0, 0.1) is 0 Å². The quantitative estimate of drug-likeness (QED) is 0.285. The Balaban J connectivity index is 1.77. The van der Waals surface area contributed by atoms with E-state index in [2.05, 4.69) is 16.8 Å². The third-order valence-electron chi connectivity index (χ3n) is 3.40. The fraction of sp³-hybridized carbons (Fsp3) is 0.118. The van der Waals surface area contributed by atoms with E-state index in [-0.39, 0.29) is 23.0 Å². The molecule has 0 fully saturated rings. The molecule has 0 atom stereocenters. The largest absolute Gasteiger partial charge is 0.504 e. The predicted molar refractivity (Wildman–Crippen MR) is 98.4 cm³/mol. The number of phenolic OH excluding ortho intramolecular Hbond substituents is 2. The molecule has 0 saturated heterocycles. The molecule has 2 aromatic heterocycles. The van der Waals surface area contributed by atoms with E-state index >= 15 is 0 Å². The lowest BCUT2D eigenvalue weighted by atomic mass is 10.1. The molecule has 25 heavy (non-hydrogen) atoms. The molecule has 0 aliphatic heterocycles. The average molecular weight is 373 g/mol. The lowest BCUT2D eigenvalue weighted by molar-refractivity contribution is 0.102. The van der Waals surface area contributed by atoms with E-state index in [0.717, 1.165) is 10.7 Å². The number of phenols is 2. The van der Waals surface area contributed by atoms with Gasteiger partial charge in [0.15, 0.2) is 28.3 Å². The van der Waals surface area contributed by atoms with E-state index < -0.39 is 0 Å². The summed E-state index contributed by atoms with van der Waals surface area (Å²) < 4.78 is 1.91. The Labute approximate surface area is 152 Å². The Morgan fingerprint density at radius 1 is 1.28 bits per heavy atom. The first-order valence-electron chi connectivity index (χ1n) is 7.36. The number of nitrogens with zero attached hydrogens (tertiary/aromatic N) is 3. The lowest BCUT2D eigenvalue weighted by Gasteiger charge is -2.06. The molecule has 3 rings (SSSR count). The van der Waals surface area contributed by atoms with Crippen LogP contribution >= 0.6 is 23.1 Å². The zero-order valence-corrected chi connectivity index (χ0v) is 14.8. The van der Waals surface area contributed by atoms with Crippen molar-refractivity contribution in [2.45, 2.75) is 11.7 Å². The summed E-state index contributed by atoms with van der Waals surface area (Å²) in [6, 6.07) is 7.93. The van der Waals surface area contributed by atoms with Crippen molar-refractivity contribution in [2.24, 2.45) is 0 Å². The SMILES string of the molecule is C=CCn1c(SCC(=O)c2ccc(O)c(O)c2)nnc1-c1cccs1. The number of carbonyl (C=O) groups is 1. The fourth-order valence-electron chi connectivity index (χ4n) is 2.19. The number of ketones is 1. The summed E-state index contributed by atoms with van der Waals surface area (Å²) in [7, 11) is 0. The summed E-state index contributed by atoms with van der Waals surface area (Å²) in [5.74, 6) is 0.142. The molecule has 0 saturated carbocycles. The van der Waals surface area contributed by atoms with Gasteiger partial charge >= 0.3 is 0 Å². The van der Waals surface area contributed by atoms with Gasteiger partial charge in [0.05, 0.1) is 10.6 Å². The van der Waals surface area contributed by atoms with Gasteiger partial charge in [0.2, 0.25) is 0 Å². The van der Waals surface area contributed by atoms with Crippen LogP contribution in [0.4, 0.5) is 0 Å². The van der Waals surface area contributed by atoms with Gasteiger partial charge in [-0.25, -0.2) is 0 Å². The fourth-order valence-corrected chi connectivity index (χ4v) is 3.75. The maximum absolute atomic E-state index is 12.3. The van der Waals surface area contributed by atoms with Crippen LogP contribution < -0.4 is 0 Å². The minimum atomic E-state index is -0.314. The molecule has 128 valence electrons. The second kappa shape index (κ2) is 7.54. The first-order valence-corrected chi connectivity index (χ1v) is 9.22. The molecule has 8 heteroatoms. The second-order valence-corrected chi connectivity index (χ2v) is 6.99. The van der Waals surface area contributed by atoms with Crippen LogP contribution in [-0.2, 0) is 6.54 Å². The van der Waals surface area contributed by atoms with Crippen molar-refractivity contribution in [1.29, 1.82) is 0 Å². The van der Waals surface area contributed by atoms with E-state index in [1.54, 1.807) is 17.4 Å². The zero-order valence-electron chi connectivity index (χ0n) is 13.1. The number of aromatic hydroxyl groups is 2. The van der Waals surface area contributed by atoms with Gasteiger partial charge in [0.1, 0.15) is 0 Å². The summed E-state index contributed by atoms with van der Waals surface area (Å²) in [5, 5.41) is 29.8. The highest BCUT2D eigenvalue weighted by atomic mass is 32.2. The Kier molecular flexibility index (Phi) is 5.20. The minimum absolute atomic E-state index is 0.143. The highest BCUT2D eigenvalue weighted by molar-refractivity contribution is 7.99. The summed E-state index contributed by atoms with van der Waals surface area (Å²) in [6.07, 6.45) is 1.75. The van der Waals surface area contributed by atoms with Gasteiger partial charge in [0, 0.05) is 12.1 Å². The smallest absolute Gasteiger partial charge is 0.192 e. The number of thiophene rings is 1. The number of carbonyl (C=O) groups excluding carboxylic acids is 1. The van der Waals surface area contributed by atoms with Crippen LogP contribution in [-0.4, -0.2) is 36.5 Å². The van der Waals surface area contributed by atoms with Gasteiger partial charge in [-0.05, 0) is 29.6 Å². The van der Waals surface area contributed by atoms with E-state index in [9.17, 15) is 15.0 Å². The average Bonchev–Trinajstić information content (AvgIpc) is 3.25. The highest BCUT2D eigenvalue weighted by Crippen LogP contribution is 2.29. The van der Waals surface area contributed by atoms with Crippen molar-refractivity contribution in [3.63, 3.8) is 0 Å². The Hall–Kier alpha value is -2.58. The van der Waals surface area contributed by atoms with Crippen molar-refractivity contribution in [2.75, 3.05) is 5.75 Å². The maximum atomic E-state index is 12.3. The number of hydrogen-bond acceptors (Lipinski definition) is 7. The number of hydrogen-bond donors (Lipinski definition) is 2. The van der Waals surface area contributed by atoms with Gasteiger partial charge in [-0.1, -0.05) is 23.9 Å².